The van der Waals surface area contributed by atoms with Crippen molar-refractivity contribution in [3.05, 3.63) is 29.3 Å². The number of carbonyl (C=O) groups excluding carboxylic acids is 1. The Hall–Kier alpha value is -1.44. The van der Waals surface area contributed by atoms with Gasteiger partial charge in [-0.05, 0) is 44.9 Å². The van der Waals surface area contributed by atoms with E-state index < -0.39 is 10.0 Å². The van der Waals surface area contributed by atoms with Crippen LogP contribution in [0.15, 0.2) is 23.1 Å². The number of benzene rings is 1. The zero-order chi connectivity index (χ0) is 17.6. The molecule has 0 heterocycles. The van der Waals surface area contributed by atoms with Gasteiger partial charge in [0.05, 0.1) is 11.0 Å². The molecule has 130 valence electrons. The minimum atomic E-state index is -3.55. The maximum atomic E-state index is 12.3. The van der Waals surface area contributed by atoms with Crippen LogP contribution in [0, 0.1) is 6.92 Å². The van der Waals surface area contributed by atoms with Crippen molar-refractivity contribution in [2.75, 3.05) is 27.2 Å². The smallest absolute Gasteiger partial charge is 0.251 e. The number of hydrogen-bond acceptors (Lipinski definition) is 4. The van der Waals surface area contributed by atoms with Crippen LogP contribution in [-0.2, 0) is 14.8 Å². The van der Waals surface area contributed by atoms with E-state index in [4.69, 9.17) is 4.74 Å². The van der Waals surface area contributed by atoms with Crippen molar-refractivity contribution in [1.82, 2.24) is 9.62 Å². The maximum absolute atomic E-state index is 12.3. The zero-order valence-electron chi connectivity index (χ0n) is 14.4. The van der Waals surface area contributed by atoms with Gasteiger partial charge in [-0.1, -0.05) is 6.07 Å². The lowest BCUT2D eigenvalue weighted by molar-refractivity contribution is 0.0757. The van der Waals surface area contributed by atoms with E-state index in [2.05, 4.69) is 5.32 Å². The first kappa shape index (κ1) is 19.6. The highest BCUT2D eigenvalue weighted by molar-refractivity contribution is 7.89. The summed E-state index contributed by atoms with van der Waals surface area (Å²) in [6.45, 7) is 6.75. The first-order chi connectivity index (χ1) is 10.7. The summed E-state index contributed by atoms with van der Waals surface area (Å²) in [5.41, 5.74) is 1.11. The molecular formula is C16H26N2O4S. The van der Waals surface area contributed by atoms with Crippen LogP contribution in [-0.4, -0.2) is 52.0 Å². The van der Waals surface area contributed by atoms with Crippen LogP contribution >= 0.6 is 0 Å². The number of sulfonamides is 1. The fourth-order valence-corrected chi connectivity index (χ4v) is 2.83. The molecule has 0 aliphatic carbocycles. The Labute approximate surface area is 138 Å². The van der Waals surface area contributed by atoms with E-state index in [9.17, 15) is 13.2 Å². The standard InChI is InChI=1S/C16H26N2O4S/c1-12(2)22-10-6-9-17-16(19)15-11-14(8-7-13(15)3)23(20,21)18(4)5/h7-8,11-12H,6,9-10H2,1-5H3,(H,17,19). The highest BCUT2D eigenvalue weighted by Gasteiger charge is 2.20. The molecule has 0 aromatic heterocycles. The van der Waals surface area contributed by atoms with Crippen molar-refractivity contribution in [2.45, 2.75) is 38.2 Å². The number of ether oxygens (including phenoxy) is 1. The molecule has 0 radical (unpaired) electrons. The molecule has 6 nitrogen and oxygen atoms in total. The number of nitrogens with one attached hydrogen (secondary N) is 1. The average molecular weight is 342 g/mol. The third kappa shape index (κ3) is 5.60. The number of carbonyl (C=O) groups is 1. The van der Waals surface area contributed by atoms with Crippen molar-refractivity contribution >= 4 is 15.9 Å². The summed E-state index contributed by atoms with van der Waals surface area (Å²) >= 11 is 0. The van der Waals surface area contributed by atoms with Gasteiger partial charge in [0.15, 0.2) is 0 Å². The third-order valence-electron chi connectivity index (χ3n) is 3.29. The molecule has 1 aromatic rings. The Kier molecular flexibility index (Phi) is 7.18. The maximum Gasteiger partial charge on any atom is 0.251 e. The molecular weight excluding hydrogens is 316 g/mol. The van der Waals surface area contributed by atoms with Gasteiger partial charge in [0, 0.05) is 32.8 Å². The molecule has 0 aliphatic heterocycles. The van der Waals surface area contributed by atoms with Crippen LogP contribution < -0.4 is 5.32 Å². The largest absolute Gasteiger partial charge is 0.379 e. The molecule has 0 saturated carbocycles. The lowest BCUT2D eigenvalue weighted by Gasteiger charge is -2.14. The fourth-order valence-electron chi connectivity index (χ4n) is 1.91. The topological polar surface area (TPSA) is 75.7 Å². The van der Waals surface area contributed by atoms with E-state index in [1.165, 1.54) is 26.2 Å². The summed E-state index contributed by atoms with van der Waals surface area (Å²) in [4.78, 5) is 12.4. The molecule has 23 heavy (non-hydrogen) atoms. The van der Waals surface area contributed by atoms with Gasteiger partial charge in [0.2, 0.25) is 10.0 Å². The SMILES string of the molecule is Cc1ccc(S(=O)(=O)N(C)C)cc1C(=O)NCCCOC(C)C. The second-order valence-corrected chi connectivity index (χ2v) is 7.94. The molecule has 1 rings (SSSR count). The second-order valence-electron chi connectivity index (χ2n) is 5.79. The lowest BCUT2D eigenvalue weighted by atomic mass is 10.1. The van der Waals surface area contributed by atoms with Crippen LogP contribution in [0.4, 0.5) is 0 Å². The van der Waals surface area contributed by atoms with E-state index in [0.29, 0.717) is 25.1 Å². The number of nitrogens with zero attached hydrogens (tertiary/aromatic N) is 1. The highest BCUT2D eigenvalue weighted by atomic mass is 32.2. The Morgan fingerprint density at radius 1 is 1.30 bits per heavy atom. The first-order valence-electron chi connectivity index (χ1n) is 7.59. The van der Waals surface area contributed by atoms with Gasteiger partial charge < -0.3 is 10.1 Å². The van der Waals surface area contributed by atoms with Crippen molar-refractivity contribution in [1.29, 1.82) is 0 Å². The lowest BCUT2D eigenvalue weighted by Crippen LogP contribution is -2.27. The molecule has 0 unspecified atom stereocenters. The number of amides is 1. The normalized spacial score (nSPS) is 12.0. The van der Waals surface area contributed by atoms with E-state index >= 15 is 0 Å². The van der Waals surface area contributed by atoms with E-state index in [0.717, 1.165) is 9.87 Å². The van der Waals surface area contributed by atoms with E-state index in [1.54, 1.807) is 13.0 Å². The number of aryl methyl sites for hydroxylation is 1. The molecule has 7 heteroatoms. The molecule has 1 amide bonds. The number of rotatable bonds is 8. The predicted octanol–water partition coefficient (Wildman–Crippen LogP) is 1.79. The van der Waals surface area contributed by atoms with Crippen molar-refractivity contribution < 1.29 is 17.9 Å². The predicted molar refractivity (Wildman–Crippen MR) is 90.1 cm³/mol. The minimum Gasteiger partial charge on any atom is -0.379 e. The van der Waals surface area contributed by atoms with Gasteiger partial charge in [-0.15, -0.1) is 0 Å². The van der Waals surface area contributed by atoms with Crippen LogP contribution in [0.5, 0.6) is 0 Å². The Morgan fingerprint density at radius 2 is 1.96 bits per heavy atom. The van der Waals surface area contributed by atoms with Crippen molar-refractivity contribution in [3.8, 4) is 0 Å². The van der Waals surface area contributed by atoms with Crippen LogP contribution in [0.3, 0.4) is 0 Å². The molecule has 0 aliphatic rings. The summed E-state index contributed by atoms with van der Waals surface area (Å²) in [6.07, 6.45) is 0.874. The summed E-state index contributed by atoms with van der Waals surface area (Å²) in [7, 11) is -0.631. The van der Waals surface area contributed by atoms with Crippen LogP contribution in [0.1, 0.15) is 36.2 Å². The van der Waals surface area contributed by atoms with Gasteiger partial charge in [0.25, 0.3) is 5.91 Å². The Balaban J connectivity index is 2.78. The van der Waals surface area contributed by atoms with Gasteiger partial charge in [-0.3, -0.25) is 4.79 Å². The number of hydrogen-bond donors (Lipinski definition) is 1. The summed E-state index contributed by atoms with van der Waals surface area (Å²) < 4.78 is 30.9. The van der Waals surface area contributed by atoms with Crippen molar-refractivity contribution in [3.63, 3.8) is 0 Å². The minimum absolute atomic E-state index is 0.112. The van der Waals surface area contributed by atoms with Crippen molar-refractivity contribution in [2.24, 2.45) is 0 Å². The second kappa shape index (κ2) is 8.42. The van der Waals surface area contributed by atoms with Gasteiger partial charge in [0.1, 0.15) is 0 Å². The fraction of sp³-hybridized carbons (Fsp3) is 0.562. The molecule has 0 atom stereocenters. The zero-order valence-corrected chi connectivity index (χ0v) is 15.2. The molecule has 0 fully saturated rings. The average Bonchev–Trinajstić information content (AvgIpc) is 2.46. The van der Waals surface area contributed by atoms with E-state index in [1.807, 2.05) is 13.8 Å². The van der Waals surface area contributed by atoms with E-state index in [-0.39, 0.29) is 16.9 Å². The third-order valence-corrected chi connectivity index (χ3v) is 5.10. The Bertz CT molecular complexity index is 639. The monoisotopic (exact) mass is 342 g/mol. The summed E-state index contributed by atoms with van der Waals surface area (Å²) in [5.74, 6) is -0.275. The van der Waals surface area contributed by atoms with Gasteiger partial charge >= 0.3 is 0 Å². The first-order valence-corrected chi connectivity index (χ1v) is 9.03. The molecule has 1 N–H and O–H groups in total. The summed E-state index contributed by atoms with van der Waals surface area (Å²) in [6, 6.07) is 4.58. The molecule has 0 saturated heterocycles. The van der Waals surface area contributed by atoms with Crippen LogP contribution in [0.2, 0.25) is 0 Å². The summed E-state index contributed by atoms with van der Waals surface area (Å²) in [5, 5.41) is 2.79. The van der Waals surface area contributed by atoms with Gasteiger partial charge in [-0.2, -0.15) is 0 Å². The molecule has 0 spiro atoms. The quantitative estimate of drug-likeness (QED) is 0.731. The van der Waals surface area contributed by atoms with Crippen LogP contribution in [0.25, 0.3) is 0 Å². The van der Waals surface area contributed by atoms with Gasteiger partial charge in [-0.25, -0.2) is 12.7 Å². The molecule has 0 bridgehead atoms. The Morgan fingerprint density at radius 3 is 2.52 bits per heavy atom. The highest BCUT2D eigenvalue weighted by Crippen LogP contribution is 2.18. The molecule has 1 aromatic carbocycles.